The van der Waals surface area contributed by atoms with Crippen LogP contribution < -0.4 is 10.6 Å². The summed E-state index contributed by atoms with van der Waals surface area (Å²) in [5, 5.41) is 5.50. The molecule has 8 heteroatoms. The summed E-state index contributed by atoms with van der Waals surface area (Å²) in [4.78, 5) is 16.8. The van der Waals surface area contributed by atoms with Gasteiger partial charge in [-0.2, -0.15) is 13.2 Å². The number of hydrogen-bond donors (Lipinski definition) is 2. The number of nitrogens with one attached hydrogen (secondary N) is 2. The molecule has 0 aliphatic carbocycles. The molecule has 0 aromatic carbocycles. The maximum atomic E-state index is 12.5. The van der Waals surface area contributed by atoms with Crippen molar-refractivity contribution in [3.05, 3.63) is 11.9 Å². The fourth-order valence-electron chi connectivity index (χ4n) is 1.76. The SMILES string of the molecule is O=C(C1=CNCC(C(F)(F)F)=N1)N1CCNCC1. The average Bonchev–Trinajstić information content (AvgIpc) is 2.38. The largest absolute Gasteiger partial charge is 0.431 e. The Labute approximate surface area is 102 Å². The molecule has 2 N–H and O–H groups in total. The quantitative estimate of drug-likeness (QED) is 0.692. The maximum Gasteiger partial charge on any atom is 0.431 e. The van der Waals surface area contributed by atoms with Crippen molar-refractivity contribution < 1.29 is 18.0 Å². The number of amides is 1. The smallest absolute Gasteiger partial charge is 0.383 e. The van der Waals surface area contributed by atoms with Crippen LogP contribution >= 0.6 is 0 Å². The van der Waals surface area contributed by atoms with Gasteiger partial charge in [-0.1, -0.05) is 0 Å². The predicted octanol–water partition coefficient (Wildman–Crippen LogP) is -0.134. The molecule has 0 aromatic heterocycles. The number of alkyl halides is 3. The highest BCUT2D eigenvalue weighted by Gasteiger charge is 2.37. The third-order valence-corrected chi connectivity index (χ3v) is 2.71. The van der Waals surface area contributed by atoms with Crippen molar-refractivity contribution >= 4 is 11.6 Å². The number of nitrogens with zero attached hydrogens (tertiary/aromatic N) is 2. The predicted molar refractivity (Wildman–Crippen MR) is 59.0 cm³/mol. The molecule has 1 saturated heterocycles. The molecule has 1 fully saturated rings. The van der Waals surface area contributed by atoms with E-state index in [0.29, 0.717) is 26.2 Å². The van der Waals surface area contributed by atoms with Crippen LogP contribution in [-0.2, 0) is 4.79 Å². The molecular formula is C10H13F3N4O. The van der Waals surface area contributed by atoms with Gasteiger partial charge in [-0.3, -0.25) is 4.79 Å². The van der Waals surface area contributed by atoms with E-state index in [9.17, 15) is 18.0 Å². The van der Waals surface area contributed by atoms with Crippen molar-refractivity contribution in [3.63, 3.8) is 0 Å². The monoisotopic (exact) mass is 262 g/mol. The molecule has 2 aliphatic rings. The number of aliphatic imine (C=N–C) groups is 1. The summed E-state index contributed by atoms with van der Waals surface area (Å²) < 4.78 is 37.5. The first-order valence-corrected chi connectivity index (χ1v) is 5.57. The van der Waals surface area contributed by atoms with E-state index < -0.39 is 24.3 Å². The van der Waals surface area contributed by atoms with Gasteiger partial charge in [-0.05, 0) is 0 Å². The van der Waals surface area contributed by atoms with Crippen LogP contribution in [0.5, 0.6) is 0 Å². The lowest BCUT2D eigenvalue weighted by Gasteiger charge is -2.28. The molecular weight excluding hydrogens is 249 g/mol. The van der Waals surface area contributed by atoms with Gasteiger partial charge in [0.05, 0.1) is 6.54 Å². The van der Waals surface area contributed by atoms with Crippen LogP contribution in [0.15, 0.2) is 16.9 Å². The molecule has 0 bridgehead atoms. The van der Waals surface area contributed by atoms with Crippen LogP contribution in [0.2, 0.25) is 0 Å². The van der Waals surface area contributed by atoms with Crippen molar-refractivity contribution in [2.24, 2.45) is 4.99 Å². The van der Waals surface area contributed by atoms with E-state index in [1.165, 1.54) is 11.1 Å². The number of carbonyl (C=O) groups excluding carboxylic acids is 1. The summed E-state index contributed by atoms with van der Waals surface area (Å²) in [6, 6.07) is 0. The van der Waals surface area contributed by atoms with Gasteiger partial charge in [0.2, 0.25) is 0 Å². The molecule has 2 aliphatic heterocycles. The highest BCUT2D eigenvalue weighted by molar-refractivity contribution is 6.01. The van der Waals surface area contributed by atoms with E-state index in [4.69, 9.17) is 0 Å². The lowest BCUT2D eigenvalue weighted by molar-refractivity contribution is -0.127. The number of halogens is 3. The molecule has 5 nitrogen and oxygen atoms in total. The summed E-state index contributed by atoms with van der Waals surface area (Å²) in [5.74, 6) is -0.467. The van der Waals surface area contributed by atoms with E-state index in [1.807, 2.05) is 0 Å². The molecule has 0 atom stereocenters. The number of hydrogen-bond acceptors (Lipinski definition) is 4. The minimum absolute atomic E-state index is 0.185. The average molecular weight is 262 g/mol. The van der Waals surface area contributed by atoms with Crippen LogP contribution in [0.1, 0.15) is 0 Å². The van der Waals surface area contributed by atoms with Crippen LogP contribution in [-0.4, -0.2) is 55.4 Å². The highest BCUT2D eigenvalue weighted by Crippen LogP contribution is 2.20. The summed E-state index contributed by atoms with van der Waals surface area (Å²) >= 11 is 0. The Hall–Kier alpha value is -1.57. The van der Waals surface area contributed by atoms with E-state index >= 15 is 0 Å². The lowest BCUT2D eigenvalue weighted by Crippen LogP contribution is -2.47. The molecule has 0 spiro atoms. The lowest BCUT2D eigenvalue weighted by atomic mass is 10.2. The molecule has 100 valence electrons. The molecule has 0 saturated carbocycles. The van der Waals surface area contributed by atoms with Gasteiger partial charge in [-0.25, -0.2) is 4.99 Å². The van der Waals surface area contributed by atoms with Crippen molar-refractivity contribution in [2.45, 2.75) is 6.18 Å². The van der Waals surface area contributed by atoms with E-state index in [1.54, 1.807) is 0 Å². The zero-order chi connectivity index (χ0) is 13.2. The number of carbonyl (C=O) groups is 1. The van der Waals surface area contributed by atoms with Gasteiger partial charge < -0.3 is 15.5 Å². The van der Waals surface area contributed by atoms with Crippen molar-refractivity contribution in [1.82, 2.24) is 15.5 Å². The third-order valence-electron chi connectivity index (χ3n) is 2.71. The Balaban J connectivity index is 2.10. The fraction of sp³-hybridized carbons (Fsp3) is 0.600. The highest BCUT2D eigenvalue weighted by atomic mass is 19.4. The zero-order valence-corrected chi connectivity index (χ0v) is 9.55. The standard InChI is InChI=1S/C10H13F3N4O/c11-10(12,13)8-6-15-5-7(16-8)9(18)17-3-1-14-2-4-17/h5,14-15H,1-4,6H2. The molecule has 2 rings (SSSR count). The van der Waals surface area contributed by atoms with Gasteiger partial charge in [0.1, 0.15) is 11.4 Å². The second-order valence-corrected chi connectivity index (χ2v) is 4.01. The topological polar surface area (TPSA) is 56.7 Å². The Morgan fingerprint density at radius 1 is 1.33 bits per heavy atom. The Morgan fingerprint density at radius 2 is 2.00 bits per heavy atom. The zero-order valence-electron chi connectivity index (χ0n) is 9.55. The minimum Gasteiger partial charge on any atom is -0.383 e. The third kappa shape index (κ3) is 2.81. The molecule has 18 heavy (non-hydrogen) atoms. The number of rotatable bonds is 1. The van der Waals surface area contributed by atoms with Crippen molar-refractivity contribution in [2.75, 3.05) is 32.7 Å². The fourth-order valence-corrected chi connectivity index (χ4v) is 1.76. The molecule has 1 amide bonds. The van der Waals surface area contributed by atoms with E-state index in [0.717, 1.165) is 0 Å². The Kier molecular flexibility index (Phi) is 3.55. The molecule has 2 heterocycles. The van der Waals surface area contributed by atoms with Crippen LogP contribution in [0.4, 0.5) is 13.2 Å². The van der Waals surface area contributed by atoms with E-state index in [2.05, 4.69) is 15.6 Å². The van der Waals surface area contributed by atoms with Gasteiger partial charge >= 0.3 is 6.18 Å². The van der Waals surface area contributed by atoms with Gasteiger partial charge in [0.15, 0.2) is 0 Å². The Bertz CT molecular complexity index is 396. The second kappa shape index (κ2) is 4.97. The van der Waals surface area contributed by atoms with Gasteiger partial charge in [0.25, 0.3) is 5.91 Å². The second-order valence-electron chi connectivity index (χ2n) is 4.01. The first kappa shape index (κ1) is 12.9. The maximum absolute atomic E-state index is 12.5. The molecule has 0 unspecified atom stereocenters. The molecule has 0 radical (unpaired) electrons. The summed E-state index contributed by atoms with van der Waals surface area (Å²) in [6.45, 7) is 1.84. The summed E-state index contributed by atoms with van der Waals surface area (Å²) in [6.07, 6.45) is -3.27. The van der Waals surface area contributed by atoms with Crippen LogP contribution in [0.25, 0.3) is 0 Å². The minimum atomic E-state index is -4.50. The first-order chi connectivity index (χ1) is 8.48. The van der Waals surface area contributed by atoms with Gasteiger partial charge in [-0.15, -0.1) is 0 Å². The van der Waals surface area contributed by atoms with Crippen molar-refractivity contribution in [3.8, 4) is 0 Å². The normalized spacial score (nSPS) is 20.9. The van der Waals surface area contributed by atoms with Crippen LogP contribution in [0.3, 0.4) is 0 Å². The van der Waals surface area contributed by atoms with E-state index in [-0.39, 0.29) is 5.70 Å². The first-order valence-electron chi connectivity index (χ1n) is 5.57. The summed E-state index contributed by atoms with van der Waals surface area (Å²) in [7, 11) is 0. The van der Waals surface area contributed by atoms with Crippen LogP contribution in [0, 0.1) is 0 Å². The summed E-state index contributed by atoms with van der Waals surface area (Å²) in [5.41, 5.74) is -1.15. The van der Waals surface area contributed by atoms with Crippen molar-refractivity contribution in [1.29, 1.82) is 0 Å². The Morgan fingerprint density at radius 3 is 2.61 bits per heavy atom. The molecule has 0 aromatic rings. The van der Waals surface area contributed by atoms with Gasteiger partial charge in [0, 0.05) is 32.4 Å². The number of piperazine rings is 1.